The summed E-state index contributed by atoms with van der Waals surface area (Å²) in [5.41, 5.74) is -0.0996. The molecule has 3 heteroatoms. The molecule has 1 aliphatic heterocycles. The Hall–Kier alpha value is -0.570. The topological polar surface area (TPSA) is 32.3 Å². The first-order valence-corrected chi connectivity index (χ1v) is 7.18. The number of hydrogen-bond donors (Lipinski definition) is 1. The predicted molar refractivity (Wildman–Crippen MR) is 69.6 cm³/mol. The van der Waals surface area contributed by atoms with Crippen molar-refractivity contribution in [2.75, 3.05) is 13.2 Å². The van der Waals surface area contributed by atoms with Gasteiger partial charge in [0.2, 0.25) is 5.91 Å². The quantitative estimate of drug-likeness (QED) is 0.691. The van der Waals surface area contributed by atoms with Crippen molar-refractivity contribution in [3.8, 4) is 0 Å². The van der Waals surface area contributed by atoms with Crippen LogP contribution in [-0.4, -0.2) is 29.6 Å². The highest BCUT2D eigenvalue weighted by atomic mass is 16.2. The van der Waals surface area contributed by atoms with E-state index in [-0.39, 0.29) is 5.54 Å². The van der Waals surface area contributed by atoms with Crippen molar-refractivity contribution < 1.29 is 4.79 Å². The van der Waals surface area contributed by atoms with Crippen LogP contribution in [0.4, 0.5) is 0 Å². The van der Waals surface area contributed by atoms with Crippen LogP contribution in [0.2, 0.25) is 0 Å². The third kappa shape index (κ3) is 3.21. The number of nitrogens with one attached hydrogen (secondary N) is 1. The van der Waals surface area contributed by atoms with E-state index in [4.69, 9.17) is 0 Å². The zero-order valence-electron chi connectivity index (χ0n) is 11.3. The Morgan fingerprint density at radius 2 is 1.94 bits per heavy atom. The van der Waals surface area contributed by atoms with E-state index in [2.05, 4.69) is 19.2 Å². The van der Waals surface area contributed by atoms with Crippen molar-refractivity contribution in [1.29, 1.82) is 0 Å². The molecule has 1 aliphatic carbocycles. The number of carbonyl (C=O) groups is 1. The van der Waals surface area contributed by atoms with Crippen molar-refractivity contribution >= 4 is 5.91 Å². The van der Waals surface area contributed by atoms with Gasteiger partial charge in [-0.1, -0.05) is 39.5 Å². The maximum Gasteiger partial charge on any atom is 0.243 e. The number of rotatable bonds is 7. The first-order chi connectivity index (χ1) is 8.14. The SMILES string of the molecule is CC(C)CCCCCCN1CNC2(CC2)C1=O. The lowest BCUT2D eigenvalue weighted by Crippen LogP contribution is -2.32. The van der Waals surface area contributed by atoms with E-state index in [1.165, 1.54) is 32.1 Å². The minimum absolute atomic E-state index is 0.0996. The van der Waals surface area contributed by atoms with Gasteiger partial charge in [-0.05, 0) is 25.2 Å². The molecule has 1 heterocycles. The van der Waals surface area contributed by atoms with Crippen LogP contribution < -0.4 is 5.32 Å². The van der Waals surface area contributed by atoms with Gasteiger partial charge >= 0.3 is 0 Å². The predicted octanol–water partition coefficient (Wildman–Crippen LogP) is 2.51. The second kappa shape index (κ2) is 5.38. The molecule has 98 valence electrons. The van der Waals surface area contributed by atoms with Crippen LogP contribution in [0, 0.1) is 5.92 Å². The molecule has 0 radical (unpaired) electrons. The summed E-state index contributed by atoms with van der Waals surface area (Å²) in [4.78, 5) is 14.0. The molecule has 1 saturated carbocycles. The van der Waals surface area contributed by atoms with Crippen molar-refractivity contribution in [1.82, 2.24) is 10.2 Å². The molecule has 17 heavy (non-hydrogen) atoms. The molecule has 2 aliphatic rings. The van der Waals surface area contributed by atoms with Gasteiger partial charge in [0.25, 0.3) is 0 Å². The fourth-order valence-electron chi connectivity index (χ4n) is 2.60. The number of unbranched alkanes of at least 4 members (excludes halogenated alkanes) is 3. The molecular weight excluding hydrogens is 212 g/mol. The van der Waals surface area contributed by atoms with Crippen LogP contribution in [0.5, 0.6) is 0 Å². The maximum atomic E-state index is 12.0. The van der Waals surface area contributed by atoms with E-state index in [0.29, 0.717) is 5.91 Å². The summed E-state index contributed by atoms with van der Waals surface area (Å²) in [6, 6.07) is 0. The average molecular weight is 238 g/mol. The van der Waals surface area contributed by atoms with Gasteiger partial charge in [0.1, 0.15) is 0 Å². The van der Waals surface area contributed by atoms with Crippen LogP contribution >= 0.6 is 0 Å². The Bertz CT molecular complexity index is 271. The molecule has 0 aromatic rings. The van der Waals surface area contributed by atoms with Gasteiger partial charge in [-0.25, -0.2) is 0 Å². The largest absolute Gasteiger partial charge is 0.328 e. The van der Waals surface area contributed by atoms with Gasteiger partial charge in [0, 0.05) is 6.54 Å². The monoisotopic (exact) mass is 238 g/mol. The number of amides is 1. The van der Waals surface area contributed by atoms with Crippen molar-refractivity contribution in [3.63, 3.8) is 0 Å². The summed E-state index contributed by atoms with van der Waals surface area (Å²) in [5.74, 6) is 1.19. The minimum atomic E-state index is -0.0996. The minimum Gasteiger partial charge on any atom is -0.328 e. The molecule has 0 aromatic carbocycles. The number of nitrogens with zero attached hydrogens (tertiary/aromatic N) is 1. The molecule has 1 saturated heterocycles. The molecular formula is C14H26N2O. The molecule has 2 rings (SSSR count). The highest BCUT2D eigenvalue weighted by Gasteiger charge is 2.55. The first kappa shape index (κ1) is 12.9. The summed E-state index contributed by atoms with van der Waals surface area (Å²) in [6.07, 6.45) is 8.54. The Balaban J connectivity index is 1.53. The smallest absolute Gasteiger partial charge is 0.243 e. The van der Waals surface area contributed by atoms with Gasteiger partial charge in [-0.2, -0.15) is 0 Å². The maximum absolute atomic E-state index is 12.0. The second-order valence-electron chi connectivity index (χ2n) is 6.08. The number of carbonyl (C=O) groups excluding carboxylic acids is 1. The Morgan fingerprint density at radius 1 is 1.24 bits per heavy atom. The van der Waals surface area contributed by atoms with Crippen LogP contribution in [0.1, 0.15) is 58.8 Å². The van der Waals surface area contributed by atoms with E-state index < -0.39 is 0 Å². The standard InChI is InChI=1S/C14H26N2O/c1-12(2)7-5-3-4-6-10-16-11-15-14(8-9-14)13(16)17/h12,15H,3-11H2,1-2H3. The van der Waals surface area contributed by atoms with Crippen molar-refractivity contribution in [2.24, 2.45) is 5.92 Å². The zero-order chi connectivity index (χ0) is 12.3. The Morgan fingerprint density at radius 3 is 2.53 bits per heavy atom. The molecule has 0 unspecified atom stereocenters. The van der Waals surface area contributed by atoms with Crippen LogP contribution in [0.15, 0.2) is 0 Å². The molecule has 1 N–H and O–H groups in total. The summed E-state index contributed by atoms with van der Waals surface area (Å²) in [5, 5.41) is 3.35. The highest BCUT2D eigenvalue weighted by molar-refractivity contribution is 5.91. The second-order valence-corrected chi connectivity index (χ2v) is 6.08. The van der Waals surface area contributed by atoms with E-state index in [1.807, 2.05) is 4.90 Å². The fourth-order valence-corrected chi connectivity index (χ4v) is 2.60. The lowest BCUT2D eigenvalue weighted by Gasteiger charge is -2.15. The van der Waals surface area contributed by atoms with Crippen LogP contribution in [0.3, 0.4) is 0 Å². The van der Waals surface area contributed by atoms with Crippen LogP contribution in [-0.2, 0) is 4.79 Å². The summed E-state index contributed by atoms with van der Waals surface area (Å²) in [7, 11) is 0. The molecule has 3 nitrogen and oxygen atoms in total. The molecule has 1 spiro atoms. The summed E-state index contributed by atoms with van der Waals surface area (Å²) < 4.78 is 0. The molecule has 0 atom stereocenters. The van der Waals surface area contributed by atoms with Gasteiger partial charge in [-0.15, -0.1) is 0 Å². The van der Waals surface area contributed by atoms with Gasteiger partial charge in [-0.3, -0.25) is 10.1 Å². The van der Waals surface area contributed by atoms with E-state index in [9.17, 15) is 4.79 Å². The lowest BCUT2D eigenvalue weighted by atomic mass is 10.0. The molecule has 2 fully saturated rings. The van der Waals surface area contributed by atoms with E-state index in [0.717, 1.165) is 32.0 Å². The molecule has 1 amide bonds. The Labute approximate surface area is 105 Å². The van der Waals surface area contributed by atoms with E-state index in [1.54, 1.807) is 0 Å². The van der Waals surface area contributed by atoms with Gasteiger partial charge in [0.15, 0.2) is 0 Å². The summed E-state index contributed by atoms with van der Waals surface area (Å²) in [6.45, 7) is 6.30. The van der Waals surface area contributed by atoms with Gasteiger partial charge in [0.05, 0.1) is 12.2 Å². The number of hydrogen-bond acceptors (Lipinski definition) is 2. The lowest BCUT2D eigenvalue weighted by molar-refractivity contribution is -0.129. The van der Waals surface area contributed by atoms with E-state index >= 15 is 0 Å². The average Bonchev–Trinajstić information content (AvgIpc) is 3.00. The first-order valence-electron chi connectivity index (χ1n) is 7.18. The van der Waals surface area contributed by atoms with Crippen molar-refractivity contribution in [2.45, 2.75) is 64.3 Å². The van der Waals surface area contributed by atoms with Crippen LogP contribution in [0.25, 0.3) is 0 Å². The summed E-state index contributed by atoms with van der Waals surface area (Å²) >= 11 is 0. The third-order valence-electron chi connectivity index (χ3n) is 4.01. The van der Waals surface area contributed by atoms with Crippen molar-refractivity contribution in [3.05, 3.63) is 0 Å². The van der Waals surface area contributed by atoms with Gasteiger partial charge < -0.3 is 4.90 Å². The highest BCUT2D eigenvalue weighted by Crippen LogP contribution is 2.40. The normalized spacial score (nSPS) is 21.8. The zero-order valence-corrected chi connectivity index (χ0v) is 11.3. The molecule has 0 aromatic heterocycles. The fraction of sp³-hybridized carbons (Fsp3) is 0.929. The molecule has 0 bridgehead atoms. The Kier molecular flexibility index (Phi) is 4.08. The third-order valence-corrected chi connectivity index (χ3v) is 4.01.